The number of ether oxygens (including phenoxy) is 1. The van der Waals surface area contributed by atoms with Gasteiger partial charge in [0.1, 0.15) is 5.75 Å². The zero-order valence-corrected chi connectivity index (χ0v) is 14.8. The molecule has 0 aromatic heterocycles. The largest absolute Gasteiger partial charge is 0.496 e. The fraction of sp³-hybridized carbons (Fsp3) is 0.294. The first-order chi connectivity index (χ1) is 10.0. The third kappa shape index (κ3) is 4.00. The van der Waals surface area contributed by atoms with Crippen molar-refractivity contribution in [2.45, 2.75) is 19.4 Å². The number of hydrogen-bond donors (Lipinski definition) is 1. The lowest BCUT2D eigenvalue weighted by molar-refractivity contribution is 0.406. The number of benzene rings is 2. The van der Waals surface area contributed by atoms with E-state index < -0.39 is 0 Å². The normalized spacial score (nSPS) is 12.2. The summed E-state index contributed by atoms with van der Waals surface area (Å²) in [4.78, 5) is 0. The summed E-state index contributed by atoms with van der Waals surface area (Å²) in [5, 5.41) is 4.11. The number of aryl methyl sites for hydroxylation is 1. The van der Waals surface area contributed by atoms with Crippen molar-refractivity contribution in [3.63, 3.8) is 0 Å². The molecule has 1 unspecified atom stereocenters. The van der Waals surface area contributed by atoms with Crippen LogP contribution in [0.3, 0.4) is 0 Å². The van der Waals surface area contributed by atoms with E-state index in [4.69, 9.17) is 16.3 Å². The molecule has 21 heavy (non-hydrogen) atoms. The highest BCUT2D eigenvalue weighted by molar-refractivity contribution is 9.10. The molecule has 0 saturated carbocycles. The summed E-state index contributed by atoms with van der Waals surface area (Å²) in [5.41, 5.74) is 3.48. The molecule has 0 amide bonds. The summed E-state index contributed by atoms with van der Waals surface area (Å²) in [7, 11) is 3.65. The molecule has 0 aliphatic carbocycles. The lowest BCUT2D eigenvalue weighted by Gasteiger charge is -2.20. The molecule has 1 N–H and O–H groups in total. The van der Waals surface area contributed by atoms with E-state index in [1.807, 2.05) is 25.2 Å². The first-order valence-electron chi connectivity index (χ1n) is 6.81. The van der Waals surface area contributed by atoms with Gasteiger partial charge in [-0.3, -0.25) is 0 Å². The van der Waals surface area contributed by atoms with Gasteiger partial charge in [-0.05, 0) is 55.8 Å². The van der Waals surface area contributed by atoms with E-state index in [2.05, 4.69) is 46.4 Å². The Labute approximate surface area is 139 Å². The maximum absolute atomic E-state index is 6.35. The average molecular weight is 369 g/mol. The maximum Gasteiger partial charge on any atom is 0.122 e. The zero-order chi connectivity index (χ0) is 15.4. The Balaban J connectivity index is 2.35. The van der Waals surface area contributed by atoms with E-state index in [0.29, 0.717) is 0 Å². The third-order valence-electron chi connectivity index (χ3n) is 3.54. The molecule has 1 atom stereocenters. The number of rotatable bonds is 5. The standard InChI is InChI=1S/C17H19BrClNO/c1-11-4-7-17(21-3)12(8-11)9-16(20-2)14-10-13(18)5-6-15(14)19/h4-8,10,16,20H,9H2,1-3H3. The van der Waals surface area contributed by atoms with E-state index in [1.54, 1.807) is 7.11 Å². The minimum atomic E-state index is 0.130. The van der Waals surface area contributed by atoms with Gasteiger partial charge in [0.15, 0.2) is 0 Å². The molecule has 0 bridgehead atoms. The first kappa shape index (κ1) is 16.3. The van der Waals surface area contributed by atoms with Crippen LogP contribution in [0, 0.1) is 6.92 Å². The Morgan fingerprint density at radius 2 is 2.00 bits per heavy atom. The minimum Gasteiger partial charge on any atom is -0.496 e. The maximum atomic E-state index is 6.35. The highest BCUT2D eigenvalue weighted by atomic mass is 79.9. The Bertz CT molecular complexity index is 630. The smallest absolute Gasteiger partial charge is 0.122 e. The second-order valence-electron chi connectivity index (χ2n) is 5.03. The van der Waals surface area contributed by atoms with Gasteiger partial charge in [-0.15, -0.1) is 0 Å². The lowest BCUT2D eigenvalue weighted by Crippen LogP contribution is -2.19. The van der Waals surface area contributed by atoms with Crippen molar-refractivity contribution >= 4 is 27.5 Å². The number of likely N-dealkylation sites (N-methyl/N-ethyl adjacent to an activating group) is 1. The molecule has 0 aliphatic rings. The molecule has 0 saturated heterocycles. The Hall–Kier alpha value is -1.03. The van der Waals surface area contributed by atoms with Crippen LogP contribution in [-0.2, 0) is 6.42 Å². The summed E-state index contributed by atoms with van der Waals surface area (Å²) < 4.78 is 6.49. The van der Waals surface area contributed by atoms with Gasteiger partial charge in [0.25, 0.3) is 0 Å². The average Bonchev–Trinajstić information content (AvgIpc) is 2.47. The molecule has 0 fully saturated rings. The predicted octanol–water partition coefficient (Wildman–Crippen LogP) is 4.92. The molecule has 2 aromatic carbocycles. The molecule has 0 spiro atoms. The summed E-state index contributed by atoms with van der Waals surface area (Å²) in [6, 6.07) is 12.3. The number of nitrogens with one attached hydrogen (secondary N) is 1. The predicted molar refractivity (Wildman–Crippen MR) is 92.4 cm³/mol. The van der Waals surface area contributed by atoms with Crippen molar-refractivity contribution in [1.29, 1.82) is 0 Å². The van der Waals surface area contributed by atoms with Crippen LogP contribution >= 0.6 is 27.5 Å². The second-order valence-corrected chi connectivity index (χ2v) is 6.35. The quantitative estimate of drug-likeness (QED) is 0.808. The van der Waals surface area contributed by atoms with E-state index in [9.17, 15) is 0 Å². The number of halogens is 2. The Morgan fingerprint density at radius 3 is 2.67 bits per heavy atom. The van der Waals surface area contributed by atoms with E-state index >= 15 is 0 Å². The van der Waals surface area contributed by atoms with Gasteiger partial charge in [-0.1, -0.05) is 45.2 Å². The highest BCUT2D eigenvalue weighted by Crippen LogP contribution is 2.31. The van der Waals surface area contributed by atoms with Crippen molar-refractivity contribution in [3.05, 3.63) is 62.6 Å². The van der Waals surface area contributed by atoms with Gasteiger partial charge >= 0.3 is 0 Å². The fourth-order valence-corrected chi connectivity index (χ4v) is 3.06. The van der Waals surface area contributed by atoms with E-state index in [-0.39, 0.29) is 6.04 Å². The van der Waals surface area contributed by atoms with Crippen molar-refractivity contribution in [1.82, 2.24) is 5.32 Å². The summed E-state index contributed by atoms with van der Waals surface area (Å²) in [5.74, 6) is 0.909. The molecular weight excluding hydrogens is 350 g/mol. The van der Waals surface area contributed by atoms with E-state index in [1.165, 1.54) is 11.1 Å². The van der Waals surface area contributed by atoms with Crippen molar-refractivity contribution in [2.75, 3.05) is 14.2 Å². The van der Waals surface area contributed by atoms with Gasteiger partial charge < -0.3 is 10.1 Å². The molecule has 0 heterocycles. The molecule has 2 aromatic rings. The van der Waals surface area contributed by atoms with Crippen LogP contribution in [0.15, 0.2) is 40.9 Å². The van der Waals surface area contributed by atoms with E-state index in [0.717, 1.165) is 27.2 Å². The molecule has 0 radical (unpaired) electrons. The molecular formula is C17H19BrClNO. The van der Waals surface area contributed by atoms with Gasteiger partial charge in [0.05, 0.1) is 7.11 Å². The minimum absolute atomic E-state index is 0.130. The summed E-state index contributed by atoms with van der Waals surface area (Å²) in [6.07, 6.45) is 0.817. The highest BCUT2D eigenvalue weighted by Gasteiger charge is 2.16. The van der Waals surface area contributed by atoms with Crippen molar-refractivity contribution < 1.29 is 4.74 Å². The molecule has 2 nitrogen and oxygen atoms in total. The number of methoxy groups -OCH3 is 1. The van der Waals surface area contributed by atoms with Gasteiger partial charge in [0.2, 0.25) is 0 Å². The van der Waals surface area contributed by atoms with Gasteiger partial charge in [0, 0.05) is 15.5 Å². The fourth-order valence-electron chi connectivity index (χ4n) is 2.44. The molecule has 4 heteroatoms. The zero-order valence-electron chi connectivity index (χ0n) is 12.4. The Morgan fingerprint density at radius 1 is 1.24 bits per heavy atom. The van der Waals surface area contributed by atoms with Crippen LogP contribution in [-0.4, -0.2) is 14.2 Å². The SMILES string of the molecule is CNC(Cc1cc(C)ccc1OC)c1cc(Br)ccc1Cl. The van der Waals surface area contributed by atoms with Crippen LogP contribution in [0.5, 0.6) is 5.75 Å². The summed E-state index contributed by atoms with van der Waals surface area (Å²) >= 11 is 9.86. The monoisotopic (exact) mass is 367 g/mol. The third-order valence-corrected chi connectivity index (χ3v) is 4.38. The van der Waals surface area contributed by atoms with Crippen LogP contribution in [0.4, 0.5) is 0 Å². The van der Waals surface area contributed by atoms with Gasteiger partial charge in [-0.2, -0.15) is 0 Å². The number of hydrogen-bond acceptors (Lipinski definition) is 2. The molecule has 112 valence electrons. The topological polar surface area (TPSA) is 21.3 Å². The summed E-state index contributed by atoms with van der Waals surface area (Å²) in [6.45, 7) is 2.09. The van der Waals surface area contributed by atoms with Crippen molar-refractivity contribution in [2.24, 2.45) is 0 Å². The lowest BCUT2D eigenvalue weighted by atomic mass is 9.97. The molecule has 0 aliphatic heterocycles. The Kier molecular flexibility index (Phi) is 5.68. The second kappa shape index (κ2) is 7.30. The van der Waals surface area contributed by atoms with Crippen LogP contribution in [0.2, 0.25) is 5.02 Å². The van der Waals surface area contributed by atoms with Gasteiger partial charge in [-0.25, -0.2) is 0 Å². The van der Waals surface area contributed by atoms with Crippen LogP contribution in [0.25, 0.3) is 0 Å². The van der Waals surface area contributed by atoms with Crippen LogP contribution in [0.1, 0.15) is 22.7 Å². The van der Waals surface area contributed by atoms with Crippen molar-refractivity contribution in [3.8, 4) is 5.75 Å². The van der Waals surface area contributed by atoms with Crippen LogP contribution < -0.4 is 10.1 Å². The first-order valence-corrected chi connectivity index (χ1v) is 7.98. The molecule has 2 rings (SSSR count).